The first-order valence-electron chi connectivity index (χ1n) is 8.72. The summed E-state index contributed by atoms with van der Waals surface area (Å²) in [6.07, 6.45) is -3.30. The normalized spacial score (nSPS) is 10.9. The van der Waals surface area contributed by atoms with Crippen molar-refractivity contribution in [2.24, 2.45) is 5.18 Å². The number of nitrogens with one attached hydrogen (secondary N) is 2. The van der Waals surface area contributed by atoms with Gasteiger partial charge in [-0.25, -0.2) is 4.79 Å². The molecule has 0 radical (unpaired) electrons. The summed E-state index contributed by atoms with van der Waals surface area (Å²) in [5, 5.41) is 7.10. The number of hydrogen-bond donors (Lipinski definition) is 2. The Morgan fingerprint density at radius 1 is 0.938 bits per heavy atom. The van der Waals surface area contributed by atoms with E-state index >= 15 is 0 Å². The minimum atomic E-state index is -4.57. The van der Waals surface area contributed by atoms with E-state index in [9.17, 15) is 27.7 Å². The Balaban J connectivity index is 1.63. The molecule has 3 aromatic rings. The van der Waals surface area contributed by atoms with Gasteiger partial charge in [0.2, 0.25) is 0 Å². The molecule has 0 aliphatic carbocycles. The maximum atomic E-state index is 13.0. The zero-order valence-corrected chi connectivity index (χ0v) is 17.4. The molecule has 1 heterocycles. The van der Waals surface area contributed by atoms with Crippen molar-refractivity contribution in [3.63, 3.8) is 0 Å². The summed E-state index contributed by atoms with van der Waals surface area (Å²) in [5.74, 6) is -0.447. The number of pyridine rings is 1. The van der Waals surface area contributed by atoms with Crippen LogP contribution < -0.4 is 15.4 Å². The molecule has 1 aromatic heterocycles. The number of ether oxygens (including phenoxy) is 1. The second-order valence-electron chi connectivity index (χ2n) is 6.17. The molecule has 0 unspecified atom stereocenters. The molecule has 8 nitrogen and oxygen atoms in total. The highest BCUT2D eigenvalue weighted by molar-refractivity contribution is 9.10. The third-order valence-electron chi connectivity index (χ3n) is 3.91. The van der Waals surface area contributed by atoms with Crippen molar-refractivity contribution >= 4 is 39.2 Å². The molecule has 32 heavy (non-hydrogen) atoms. The van der Waals surface area contributed by atoms with Gasteiger partial charge in [0.1, 0.15) is 17.2 Å². The Morgan fingerprint density at radius 3 is 2.25 bits per heavy atom. The van der Waals surface area contributed by atoms with Crippen molar-refractivity contribution in [3.05, 3.63) is 81.4 Å². The van der Waals surface area contributed by atoms with Crippen LogP contribution in [-0.4, -0.2) is 16.9 Å². The summed E-state index contributed by atoms with van der Waals surface area (Å²) in [4.78, 5) is 37.4. The van der Waals surface area contributed by atoms with Crippen LogP contribution >= 0.6 is 15.9 Å². The summed E-state index contributed by atoms with van der Waals surface area (Å²) >= 11 is 2.83. The number of carbonyl (C=O) groups excluding carboxylic acids is 2. The number of amides is 3. The molecule has 0 fully saturated rings. The molecular weight excluding hydrogens is 497 g/mol. The number of nitrogens with zero attached hydrogens (tertiary/aromatic N) is 2. The zero-order chi connectivity index (χ0) is 23.3. The van der Waals surface area contributed by atoms with Gasteiger partial charge >= 0.3 is 18.1 Å². The summed E-state index contributed by atoms with van der Waals surface area (Å²) in [5.41, 5.74) is -0.777. The van der Waals surface area contributed by atoms with E-state index in [1.807, 2.05) is 0 Å². The minimum Gasteiger partial charge on any atom is -0.457 e. The van der Waals surface area contributed by atoms with E-state index in [0.29, 0.717) is 11.4 Å². The van der Waals surface area contributed by atoms with Gasteiger partial charge in [0.15, 0.2) is 0 Å². The molecule has 0 saturated heterocycles. The highest BCUT2D eigenvalue weighted by atomic mass is 79.9. The largest absolute Gasteiger partial charge is 0.457 e. The molecule has 2 N–H and O–H groups in total. The van der Waals surface area contributed by atoms with Crippen LogP contribution in [0.1, 0.15) is 16.1 Å². The van der Waals surface area contributed by atoms with Crippen molar-refractivity contribution in [1.82, 2.24) is 4.98 Å². The topological polar surface area (TPSA) is 110 Å². The monoisotopic (exact) mass is 508 g/mol. The van der Waals surface area contributed by atoms with Gasteiger partial charge < -0.3 is 15.4 Å². The van der Waals surface area contributed by atoms with Gasteiger partial charge in [0.05, 0.1) is 5.56 Å². The van der Waals surface area contributed by atoms with Gasteiger partial charge in [0, 0.05) is 33.3 Å². The number of rotatable bonds is 5. The molecule has 12 heteroatoms. The fourth-order valence-electron chi connectivity index (χ4n) is 2.49. The van der Waals surface area contributed by atoms with E-state index < -0.39 is 23.7 Å². The number of urea groups is 1. The standard InChI is InChI=1S/C20H12BrF3N4O4/c21-16-6-3-12(9-15(16)20(22,23)24)27-19(30)26-11-1-4-13(5-2-11)32-14-7-8-25-17(10-14)18(29)28-31/h1-10H,(H2,26,27,30). The van der Waals surface area contributed by atoms with Crippen molar-refractivity contribution in [3.8, 4) is 11.5 Å². The molecule has 0 atom stereocenters. The zero-order valence-electron chi connectivity index (χ0n) is 15.8. The Kier molecular flexibility index (Phi) is 6.83. The maximum Gasteiger partial charge on any atom is 0.417 e. The number of anilines is 2. The molecule has 164 valence electrons. The average molecular weight is 509 g/mol. The third kappa shape index (κ3) is 5.88. The molecule has 3 rings (SSSR count). The number of carbonyl (C=O) groups is 2. The average Bonchev–Trinajstić information content (AvgIpc) is 2.75. The smallest absolute Gasteiger partial charge is 0.417 e. The van der Waals surface area contributed by atoms with Gasteiger partial charge in [-0.15, -0.1) is 4.91 Å². The summed E-state index contributed by atoms with van der Waals surface area (Å²) in [7, 11) is 0. The lowest BCUT2D eigenvalue weighted by Gasteiger charge is -2.13. The van der Waals surface area contributed by atoms with Gasteiger partial charge in [-0.2, -0.15) is 13.2 Å². The lowest BCUT2D eigenvalue weighted by atomic mass is 10.2. The molecule has 0 aliphatic heterocycles. The highest BCUT2D eigenvalue weighted by Crippen LogP contribution is 2.36. The van der Waals surface area contributed by atoms with Gasteiger partial charge in [0.25, 0.3) is 0 Å². The second-order valence-corrected chi connectivity index (χ2v) is 7.03. The number of alkyl halides is 3. The lowest BCUT2D eigenvalue weighted by Crippen LogP contribution is -2.19. The number of aromatic nitrogens is 1. The quantitative estimate of drug-likeness (QED) is 0.398. The maximum absolute atomic E-state index is 13.0. The van der Waals surface area contributed by atoms with Crippen LogP contribution in [0.15, 0.2) is 70.4 Å². The van der Waals surface area contributed by atoms with Crippen molar-refractivity contribution in [1.29, 1.82) is 0 Å². The van der Waals surface area contributed by atoms with Crippen molar-refractivity contribution in [2.75, 3.05) is 10.6 Å². The van der Waals surface area contributed by atoms with E-state index in [1.165, 1.54) is 54.7 Å². The number of hydrogen-bond acceptors (Lipinski definition) is 5. The fourth-order valence-corrected chi connectivity index (χ4v) is 2.97. The molecule has 3 amide bonds. The van der Waals surface area contributed by atoms with Gasteiger partial charge in [-0.3, -0.25) is 9.78 Å². The van der Waals surface area contributed by atoms with Crippen molar-refractivity contribution in [2.45, 2.75) is 6.18 Å². The van der Waals surface area contributed by atoms with Crippen molar-refractivity contribution < 1.29 is 27.5 Å². The van der Waals surface area contributed by atoms with E-state index in [2.05, 4.69) is 36.7 Å². The molecule has 0 bridgehead atoms. The lowest BCUT2D eigenvalue weighted by molar-refractivity contribution is -0.138. The van der Waals surface area contributed by atoms with Crippen LogP contribution in [0.25, 0.3) is 0 Å². The van der Waals surface area contributed by atoms with Crippen LogP contribution in [0.5, 0.6) is 11.5 Å². The second kappa shape index (κ2) is 9.56. The summed E-state index contributed by atoms with van der Waals surface area (Å²) in [6, 6.07) is 11.3. The van der Waals surface area contributed by atoms with Crippen LogP contribution in [0, 0.1) is 4.91 Å². The van der Waals surface area contributed by atoms with E-state index in [1.54, 1.807) is 0 Å². The van der Waals surface area contributed by atoms with Gasteiger partial charge in [-0.05, 0) is 48.5 Å². The van der Waals surface area contributed by atoms with Crippen LogP contribution in [0.3, 0.4) is 0 Å². The fraction of sp³-hybridized carbons (Fsp3) is 0.0500. The van der Waals surface area contributed by atoms with Crippen LogP contribution in [0.2, 0.25) is 0 Å². The first-order valence-corrected chi connectivity index (χ1v) is 9.51. The first kappa shape index (κ1) is 22.9. The van der Waals surface area contributed by atoms with E-state index in [0.717, 1.165) is 6.07 Å². The predicted molar refractivity (Wildman–Crippen MR) is 113 cm³/mol. The van der Waals surface area contributed by atoms with Crippen LogP contribution in [0.4, 0.5) is 29.3 Å². The summed E-state index contributed by atoms with van der Waals surface area (Å²) < 4.78 is 44.3. The van der Waals surface area contributed by atoms with Gasteiger partial charge in [-0.1, -0.05) is 15.9 Å². The highest BCUT2D eigenvalue weighted by Gasteiger charge is 2.33. The Morgan fingerprint density at radius 2 is 1.59 bits per heavy atom. The Bertz CT molecular complexity index is 1170. The predicted octanol–water partition coefficient (Wildman–Crippen LogP) is 6.21. The van der Waals surface area contributed by atoms with Crippen LogP contribution in [-0.2, 0) is 6.18 Å². The molecule has 0 saturated carbocycles. The van der Waals surface area contributed by atoms with E-state index in [-0.39, 0.29) is 21.6 Å². The summed E-state index contributed by atoms with van der Waals surface area (Å²) in [6.45, 7) is 0. The Hall–Kier alpha value is -3.80. The SMILES string of the molecule is O=NC(=O)c1cc(Oc2ccc(NC(=O)Nc3ccc(Br)c(C(F)(F)F)c3)cc2)ccn1. The number of nitroso groups, excluding NO2 is 1. The molecule has 0 spiro atoms. The van der Waals surface area contributed by atoms with E-state index in [4.69, 9.17) is 4.74 Å². The first-order chi connectivity index (χ1) is 15.2. The number of benzene rings is 2. The number of halogens is 4. The molecule has 0 aliphatic rings. The Labute approximate surface area is 186 Å². The molecule has 2 aromatic carbocycles. The minimum absolute atomic E-state index is 0.0363. The third-order valence-corrected chi connectivity index (χ3v) is 4.60. The molecular formula is C20H12BrF3N4O4.